The molecule has 26 heavy (non-hydrogen) atoms. The van der Waals surface area contributed by atoms with Gasteiger partial charge in [-0.05, 0) is 45.4 Å². The molecule has 2 aliphatic rings. The lowest BCUT2D eigenvalue weighted by atomic mass is 9.83. The monoisotopic (exact) mass is 371 g/mol. The van der Waals surface area contributed by atoms with Crippen molar-refractivity contribution in [3.63, 3.8) is 0 Å². The minimum atomic E-state index is -4.61. The summed E-state index contributed by atoms with van der Waals surface area (Å²) in [6.45, 7) is 1.74. The maximum atomic E-state index is 13.3. The molecule has 1 aromatic rings. The number of halogens is 3. The van der Waals surface area contributed by atoms with Crippen LogP contribution in [0.2, 0.25) is 0 Å². The SMILES string of the molecule is Cc1nc2c(c(C(F)(F)F)n1)C[C@H](C(=O)N1CCCC[C@@H]1C(=O)O)CC2. The molecule has 0 unspecified atom stereocenters. The lowest BCUT2D eigenvalue weighted by molar-refractivity contribution is -0.154. The molecule has 0 saturated carbocycles. The number of aliphatic carboxylic acids is 1. The highest BCUT2D eigenvalue weighted by Gasteiger charge is 2.42. The Morgan fingerprint density at radius 2 is 1.92 bits per heavy atom. The van der Waals surface area contributed by atoms with Gasteiger partial charge in [0, 0.05) is 23.7 Å². The van der Waals surface area contributed by atoms with Crippen LogP contribution >= 0.6 is 0 Å². The van der Waals surface area contributed by atoms with Gasteiger partial charge in [0.2, 0.25) is 5.91 Å². The van der Waals surface area contributed by atoms with Crippen molar-refractivity contribution < 1.29 is 27.9 Å². The standard InChI is InChI=1S/C17H20F3N3O3/c1-9-21-12-6-5-10(8-11(12)14(22-9)17(18,19)20)15(24)23-7-3-2-4-13(23)16(25)26/h10,13H,2-8H2,1H3,(H,25,26)/t10-,13-/m1/s1. The minimum Gasteiger partial charge on any atom is -0.480 e. The number of alkyl halides is 3. The number of fused-ring (bicyclic) bond motifs is 1. The second-order valence-electron chi connectivity index (χ2n) is 6.86. The minimum absolute atomic E-state index is 0.0309. The van der Waals surface area contributed by atoms with Crippen LogP contribution in [0.3, 0.4) is 0 Å². The highest BCUT2D eigenvalue weighted by atomic mass is 19.4. The zero-order valence-corrected chi connectivity index (χ0v) is 14.3. The van der Waals surface area contributed by atoms with Gasteiger partial charge in [0.05, 0.1) is 0 Å². The molecule has 1 aromatic heterocycles. The number of carboxylic acid groups (broad SMARTS) is 1. The molecule has 2 heterocycles. The Morgan fingerprint density at radius 3 is 2.58 bits per heavy atom. The van der Waals surface area contributed by atoms with E-state index in [-0.39, 0.29) is 30.1 Å². The number of likely N-dealkylation sites (tertiary alicyclic amines) is 1. The Hall–Kier alpha value is -2.19. The van der Waals surface area contributed by atoms with Crippen molar-refractivity contribution in [1.29, 1.82) is 0 Å². The molecule has 1 fully saturated rings. The number of hydrogen-bond acceptors (Lipinski definition) is 4. The number of aryl methyl sites for hydroxylation is 2. The topological polar surface area (TPSA) is 83.4 Å². The van der Waals surface area contributed by atoms with Crippen molar-refractivity contribution in [3.8, 4) is 0 Å². The summed E-state index contributed by atoms with van der Waals surface area (Å²) in [6.07, 6.45) is -2.30. The van der Waals surface area contributed by atoms with Gasteiger partial charge in [-0.3, -0.25) is 4.79 Å². The van der Waals surface area contributed by atoms with Gasteiger partial charge in [-0.1, -0.05) is 0 Å². The van der Waals surface area contributed by atoms with Crippen LogP contribution in [0.25, 0.3) is 0 Å². The zero-order valence-electron chi connectivity index (χ0n) is 14.3. The van der Waals surface area contributed by atoms with Gasteiger partial charge >= 0.3 is 12.1 Å². The number of rotatable bonds is 2. The van der Waals surface area contributed by atoms with E-state index in [2.05, 4.69) is 9.97 Å². The van der Waals surface area contributed by atoms with Crippen molar-refractivity contribution in [1.82, 2.24) is 14.9 Å². The number of carbonyl (C=O) groups excluding carboxylic acids is 1. The van der Waals surface area contributed by atoms with E-state index in [9.17, 15) is 27.9 Å². The first-order valence-corrected chi connectivity index (χ1v) is 8.65. The molecule has 9 heteroatoms. The molecule has 2 atom stereocenters. The highest BCUT2D eigenvalue weighted by Crippen LogP contribution is 2.36. The third-order valence-corrected chi connectivity index (χ3v) is 5.07. The predicted molar refractivity (Wildman–Crippen MR) is 84.3 cm³/mol. The van der Waals surface area contributed by atoms with E-state index >= 15 is 0 Å². The third kappa shape index (κ3) is 3.52. The quantitative estimate of drug-likeness (QED) is 0.863. The van der Waals surface area contributed by atoms with E-state index < -0.39 is 29.8 Å². The molecule has 6 nitrogen and oxygen atoms in total. The van der Waals surface area contributed by atoms with Crippen LogP contribution < -0.4 is 0 Å². The average molecular weight is 371 g/mol. The zero-order chi connectivity index (χ0) is 19.1. The molecule has 1 aliphatic heterocycles. The molecule has 1 aliphatic carbocycles. The summed E-state index contributed by atoms with van der Waals surface area (Å²) >= 11 is 0. The van der Waals surface area contributed by atoms with E-state index in [1.54, 1.807) is 0 Å². The first kappa shape index (κ1) is 18.6. The van der Waals surface area contributed by atoms with Crippen LogP contribution in [0.1, 0.15) is 48.5 Å². The van der Waals surface area contributed by atoms with Crippen molar-refractivity contribution in [2.45, 2.75) is 57.7 Å². The maximum Gasteiger partial charge on any atom is 0.433 e. The Labute approximate surface area is 148 Å². The summed E-state index contributed by atoms with van der Waals surface area (Å²) in [5.74, 6) is -2.06. The fourth-order valence-corrected chi connectivity index (χ4v) is 3.87. The third-order valence-electron chi connectivity index (χ3n) is 5.07. The molecular formula is C17H20F3N3O3. The Kier molecular flexibility index (Phi) is 4.90. The molecule has 3 rings (SSSR count). The summed E-state index contributed by atoms with van der Waals surface area (Å²) in [5, 5.41) is 9.33. The Morgan fingerprint density at radius 1 is 1.19 bits per heavy atom. The van der Waals surface area contributed by atoms with Crippen molar-refractivity contribution in [3.05, 3.63) is 22.8 Å². The van der Waals surface area contributed by atoms with E-state index in [1.165, 1.54) is 11.8 Å². The molecule has 0 bridgehead atoms. The van der Waals surface area contributed by atoms with Crippen LogP contribution in [0.4, 0.5) is 13.2 Å². The van der Waals surface area contributed by atoms with Gasteiger partial charge in [-0.15, -0.1) is 0 Å². The van der Waals surface area contributed by atoms with Crippen molar-refractivity contribution in [2.24, 2.45) is 5.92 Å². The lowest BCUT2D eigenvalue weighted by Gasteiger charge is -2.36. The van der Waals surface area contributed by atoms with Gasteiger partial charge in [-0.25, -0.2) is 14.8 Å². The largest absolute Gasteiger partial charge is 0.480 e. The summed E-state index contributed by atoms with van der Waals surface area (Å²) in [5.41, 5.74) is -0.676. The molecule has 1 N–H and O–H groups in total. The summed E-state index contributed by atoms with van der Waals surface area (Å²) in [7, 11) is 0. The molecular weight excluding hydrogens is 351 g/mol. The first-order chi connectivity index (χ1) is 12.2. The van der Waals surface area contributed by atoms with Crippen LogP contribution in [0, 0.1) is 12.8 Å². The van der Waals surface area contributed by atoms with E-state index in [1.807, 2.05) is 0 Å². The number of nitrogens with zero attached hydrogens (tertiary/aromatic N) is 3. The van der Waals surface area contributed by atoms with E-state index in [0.717, 1.165) is 6.42 Å². The van der Waals surface area contributed by atoms with Gasteiger partial charge in [0.1, 0.15) is 11.9 Å². The molecule has 0 spiro atoms. The molecule has 0 radical (unpaired) electrons. The van der Waals surface area contributed by atoms with Crippen LogP contribution in [0.5, 0.6) is 0 Å². The van der Waals surface area contributed by atoms with Gasteiger partial charge in [0.25, 0.3) is 0 Å². The van der Waals surface area contributed by atoms with E-state index in [0.29, 0.717) is 31.5 Å². The number of carbonyl (C=O) groups is 2. The van der Waals surface area contributed by atoms with Gasteiger partial charge < -0.3 is 10.0 Å². The Balaban J connectivity index is 1.88. The van der Waals surface area contributed by atoms with Crippen LogP contribution in [0.15, 0.2) is 0 Å². The van der Waals surface area contributed by atoms with Crippen molar-refractivity contribution in [2.75, 3.05) is 6.54 Å². The fraction of sp³-hybridized carbons (Fsp3) is 0.647. The molecule has 0 aromatic carbocycles. The number of piperidine rings is 1. The summed E-state index contributed by atoms with van der Waals surface area (Å²) in [6, 6.07) is -0.894. The highest BCUT2D eigenvalue weighted by molar-refractivity contribution is 5.85. The number of hydrogen-bond donors (Lipinski definition) is 1. The normalized spacial score (nSPS) is 23.5. The summed E-state index contributed by atoms with van der Waals surface area (Å²) < 4.78 is 40.0. The Bertz CT molecular complexity index is 736. The maximum absolute atomic E-state index is 13.3. The van der Waals surface area contributed by atoms with Gasteiger partial charge in [0.15, 0.2) is 5.69 Å². The van der Waals surface area contributed by atoms with Crippen LogP contribution in [-0.4, -0.2) is 44.4 Å². The number of amides is 1. The summed E-state index contributed by atoms with van der Waals surface area (Å²) in [4.78, 5) is 33.2. The van der Waals surface area contributed by atoms with Gasteiger partial charge in [-0.2, -0.15) is 13.2 Å². The smallest absolute Gasteiger partial charge is 0.433 e. The average Bonchev–Trinajstić information content (AvgIpc) is 2.59. The predicted octanol–water partition coefficient (Wildman–Crippen LogP) is 2.37. The fourth-order valence-electron chi connectivity index (χ4n) is 3.87. The van der Waals surface area contributed by atoms with Crippen LogP contribution in [-0.2, 0) is 28.6 Å². The second kappa shape index (κ2) is 6.85. The van der Waals surface area contributed by atoms with Crippen molar-refractivity contribution >= 4 is 11.9 Å². The lowest BCUT2D eigenvalue weighted by Crippen LogP contribution is -2.51. The second-order valence-corrected chi connectivity index (χ2v) is 6.86. The molecule has 1 saturated heterocycles. The molecule has 142 valence electrons. The number of carboxylic acids is 1. The van der Waals surface area contributed by atoms with E-state index in [4.69, 9.17) is 0 Å². The molecule has 1 amide bonds. The first-order valence-electron chi connectivity index (χ1n) is 8.65. The number of aromatic nitrogens is 2.